The normalized spacial score (nSPS) is 10.6. The van der Waals surface area contributed by atoms with Gasteiger partial charge >= 0.3 is 0 Å². The van der Waals surface area contributed by atoms with Crippen molar-refractivity contribution in [1.82, 2.24) is 19.9 Å². The molecule has 2 aromatic heterocycles. The highest BCUT2D eigenvalue weighted by Gasteiger charge is 2.08. The van der Waals surface area contributed by atoms with Crippen molar-refractivity contribution < 1.29 is 0 Å². The number of anilines is 3. The van der Waals surface area contributed by atoms with E-state index in [2.05, 4.69) is 50.5 Å². The van der Waals surface area contributed by atoms with E-state index >= 15 is 0 Å². The molecule has 0 unspecified atom stereocenters. The van der Waals surface area contributed by atoms with E-state index in [0.29, 0.717) is 29.9 Å². The molecule has 0 saturated carbocycles. The van der Waals surface area contributed by atoms with Crippen LogP contribution in [0.15, 0.2) is 36.7 Å². The Morgan fingerprint density at radius 2 is 1.77 bits per heavy atom. The van der Waals surface area contributed by atoms with E-state index < -0.39 is 0 Å². The Labute approximate surface area is 157 Å². The van der Waals surface area contributed by atoms with Crippen molar-refractivity contribution in [3.05, 3.63) is 52.9 Å². The first kappa shape index (κ1) is 17.9. The van der Waals surface area contributed by atoms with Crippen molar-refractivity contribution in [3.63, 3.8) is 0 Å². The predicted octanol–water partition coefficient (Wildman–Crippen LogP) is 3.31. The minimum atomic E-state index is 0.237. The molecule has 134 valence electrons. The van der Waals surface area contributed by atoms with Gasteiger partial charge in [0.2, 0.25) is 5.95 Å². The standard InChI is InChI=1S/C18H20ClN7/c1-11-4-3-5-13(12(11)2)14-8-17(26-18(20)25-14)22-7-6-21-16-9-15(19)23-10-24-16/h3-5,8-10H,6-7H2,1-2H3,(H,21,23,24)(H3,20,22,25,26). The molecule has 0 spiro atoms. The molecule has 26 heavy (non-hydrogen) atoms. The van der Waals surface area contributed by atoms with Crippen LogP contribution < -0.4 is 16.4 Å². The number of aryl methyl sites for hydroxylation is 1. The topological polar surface area (TPSA) is 102 Å². The van der Waals surface area contributed by atoms with Crippen LogP contribution in [0, 0.1) is 13.8 Å². The van der Waals surface area contributed by atoms with E-state index in [9.17, 15) is 0 Å². The van der Waals surface area contributed by atoms with Gasteiger partial charge in [-0.3, -0.25) is 0 Å². The molecule has 1 aromatic carbocycles. The number of nitrogens with one attached hydrogen (secondary N) is 2. The van der Waals surface area contributed by atoms with Gasteiger partial charge in [-0.15, -0.1) is 0 Å². The van der Waals surface area contributed by atoms with Crippen LogP contribution in [0.4, 0.5) is 17.6 Å². The molecular weight excluding hydrogens is 350 g/mol. The molecule has 0 atom stereocenters. The van der Waals surface area contributed by atoms with E-state index in [-0.39, 0.29) is 5.95 Å². The lowest BCUT2D eigenvalue weighted by molar-refractivity contribution is 1.03. The molecule has 0 saturated heterocycles. The zero-order chi connectivity index (χ0) is 18.5. The van der Waals surface area contributed by atoms with Gasteiger partial charge in [0.25, 0.3) is 0 Å². The molecule has 3 rings (SSSR count). The maximum Gasteiger partial charge on any atom is 0.222 e. The van der Waals surface area contributed by atoms with Crippen molar-refractivity contribution in [2.24, 2.45) is 0 Å². The Hall–Kier alpha value is -2.93. The van der Waals surface area contributed by atoms with Crippen LogP contribution in [0.2, 0.25) is 5.15 Å². The second kappa shape index (κ2) is 7.97. The second-order valence-corrected chi connectivity index (χ2v) is 6.21. The molecule has 0 radical (unpaired) electrons. The first-order valence-electron chi connectivity index (χ1n) is 8.19. The van der Waals surface area contributed by atoms with E-state index in [0.717, 1.165) is 11.3 Å². The number of aromatic nitrogens is 4. The number of nitrogens with zero attached hydrogens (tertiary/aromatic N) is 4. The van der Waals surface area contributed by atoms with E-state index in [1.165, 1.54) is 17.5 Å². The van der Waals surface area contributed by atoms with Crippen LogP contribution in [0.1, 0.15) is 11.1 Å². The van der Waals surface area contributed by atoms with E-state index in [1.54, 1.807) is 6.07 Å². The zero-order valence-electron chi connectivity index (χ0n) is 14.6. The van der Waals surface area contributed by atoms with Crippen LogP contribution in [0.3, 0.4) is 0 Å². The second-order valence-electron chi connectivity index (χ2n) is 5.82. The maximum atomic E-state index is 5.89. The van der Waals surface area contributed by atoms with Crippen molar-refractivity contribution in [3.8, 4) is 11.3 Å². The van der Waals surface area contributed by atoms with Gasteiger partial charge in [-0.2, -0.15) is 4.98 Å². The fraction of sp³-hybridized carbons (Fsp3) is 0.222. The summed E-state index contributed by atoms with van der Waals surface area (Å²) in [6.07, 6.45) is 1.42. The van der Waals surface area contributed by atoms with Gasteiger partial charge < -0.3 is 16.4 Å². The summed E-state index contributed by atoms with van der Waals surface area (Å²) in [7, 11) is 0. The van der Waals surface area contributed by atoms with Gasteiger partial charge in [-0.05, 0) is 25.0 Å². The van der Waals surface area contributed by atoms with Gasteiger partial charge in [0.15, 0.2) is 0 Å². The number of rotatable bonds is 6. The number of nitrogen functional groups attached to an aromatic ring is 1. The third kappa shape index (κ3) is 4.37. The minimum absolute atomic E-state index is 0.237. The number of benzene rings is 1. The molecule has 8 heteroatoms. The molecule has 7 nitrogen and oxygen atoms in total. The first-order valence-corrected chi connectivity index (χ1v) is 8.57. The lowest BCUT2D eigenvalue weighted by atomic mass is 10.0. The molecule has 0 aliphatic rings. The number of hydrogen-bond donors (Lipinski definition) is 3. The summed E-state index contributed by atoms with van der Waals surface area (Å²) < 4.78 is 0. The van der Waals surface area contributed by atoms with Gasteiger partial charge in [-0.25, -0.2) is 15.0 Å². The third-order valence-corrected chi connectivity index (χ3v) is 4.20. The Balaban J connectivity index is 1.67. The summed E-state index contributed by atoms with van der Waals surface area (Å²) in [5.41, 5.74) is 10.1. The van der Waals surface area contributed by atoms with Crippen LogP contribution >= 0.6 is 11.6 Å². The fourth-order valence-corrected chi connectivity index (χ4v) is 2.68. The molecule has 2 heterocycles. The Morgan fingerprint density at radius 3 is 2.54 bits per heavy atom. The summed E-state index contributed by atoms with van der Waals surface area (Å²) in [5, 5.41) is 6.81. The molecule has 0 amide bonds. The minimum Gasteiger partial charge on any atom is -0.368 e. The van der Waals surface area contributed by atoms with Gasteiger partial charge in [-0.1, -0.05) is 29.8 Å². The van der Waals surface area contributed by atoms with Crippen molar-refractivity contribution >= 4 is 29.2 Å². The predicted molar refractivity (Wildman–Crippen MR) is 105 cm³/mol. The lowest BCUT2D eigenvalue weighted by Crippen LogP contribution is -2.15. The molecule has 0 bridgehead atoms. The Morgan fingerprint density at radius 1 is 1.00 bits per heavy atom. The highest BCUT2D eigenvalue weighted by Crippen LogP contribution is 2.25. The fourth-order valence-electron chi connectivity index (χ4n) is 2.53. The summed E-state index contributed by atoms with van der Waals surface area (Å²) in [5.74, 6) is 1.59. The molecular formula is C18H20ClN7. The Kier molecular flexibility index (Phi) is 5.48. The molecule has 0 fully saturated rings. The smallest absolute Gasteiger partial charge is 0.222 e. The summed E-state index contributed by atoms with van der Waals surface area (Å²) in [4.78, 5) is 16.6. The van der Waals surface area contributed by atoms with Crippen LogP contribution in [0.25, 0.3) is 11.3 Å². The average molecular weight is 370 g/mol. The summed E-state index contributed by atoms with van der Waals surface area (Å²) >= 11 is 5.83. The van der Waals surface area contributed by atoms with E-state index in [4.69, 9.17) is 17.3 Å². The molecule has 0 aliphatic heterocycles. The lowest BCUT2D eigenvalue weighted by Gasteiger charge is -2.12. The number of nitrogens with two attached hydrogens (primary N) is 1. The molecule has 0 aliphatic carbocycles. The molecule has 3 aromatic rings. The van der Waals surface area contributed by atoms with Crippen LogP contribution in [-0.4, -0.2) is 33.0 Å². The highest BCUT2D eigenvalue weighted by molar-refractivity contribution is 6.29. The number of hydrogen-bond acceptors (Lipinski definition) is 7. The Bertz CT molecular complexity index is 914. The van der Waals surface area contributed by atoms with Crippen molar-refractivity contribution in [2.45, 2.75) is 13.8 Å². The SMILES string of the molecule is Cc1cccc(-c2cc(NCCNc3cc(Cl)ncn3)nc(N)n2)c1C. The van der Waals surface area contributed by atoms with Crippen LogP contribution in [-0.2, 0) is 0 Å². The van der Waals surface area contributed by atoms with Gasteiger partial charge in [0.1, 0.15) is 23.1 Å². The van der Waals surface area contributed by atoms with Crippen LogP contribution in [0.5, 0.6) is 0 Å². The highest BCUT2D eigenvalue weighted by atomic mass is 35.5. The van der Waals surface area contributed by atoms with Gasteiger partial charge in [0, 0.05) is 30.8 Å². The molecule has 4 N–H and O–H groups in total. The summed E-state index contributed by atoms with van der Waals surface area (Å²) in [6.45, 7) is 5.42. The largest absolute Gasteiger partial charge is 0.368 e. The number of halogens is 1. The monoisotopic (exact) mass is 369 g/mol. The average Bonchev–Trinajstić information content (AvgIpc) is 2.61. The summed E-state index contributed by atoms with van der Waals surface area (Å²) in [6, 6.07) is 9.70. The van der Waals surface area contributed by atoms with E-state index in [1.807, 2.05) is 18.2 Å². The quantitative estimate of drug-likeness (QED) is 0.452. The maximum absolute atomic E-state index is 5.89. The third-order valence-electron chi connectivity index (χ3n) is 3.99. The van der Waals surface area contributed by atoms with Crippen molar-refractivity contribution in [1.29, 1.82) is 0 Å². The van der Waals surface area contributed by atoms with Crippen molar-refractivity contribution in [2.75, 3.05) is 29.5 Å². The van der Waals surface area contributed by atoms with Gasteiger partial charge in [0.05, 0.1) is 5.69 Å². The zero-order valence-corrected chi connectivity index (χ0v) is 15.4. The first-order chi connectivity index (χ1) is 12.5.